The van der Waals surface area contributed by atoms with E-state index in [1.807, 2.05) is 0 Å². The third kappa shape index (κ3) is 41.9. The van der Waals surface area contributed by atoms with Gasteiger partial charge in [-0.1, -0.05) is 184 Å². The van der Waals surface area contributed by atoms with E-state index in [0.29, 0.717) is 12.8 Å². The number of rotatable bonds is 43. The molecule has 0 aromatic carbocycles. The number of phosphoric acid groups is 1. The molecule has 11 nitrogen and oxygen atoms in total. The fraction of sp³-hybridized carbons (Fsp3) is 0.766. The summed E-state index contributed by atoms with van der Waals surface area (Å²) in [4.78, 5) is 46.0. The summed E-state index contributed by atoms with van der Waals surface area (Å²) < 4.78 is 32.8. The van der Waals surface area contributed by atoms with Gasteiger partial charge in [-0.15, -0.1) is 0 Å². The second-order valence-corrected chi connectivity index (χ2v) is 17.0. The summed E-state index contributed by atoms with van der Waals surface area (Å²) in [6.07, 6.45) is 47.4. The zero-order valence-corrected chi connectivity index (χ0v) is 38.0. The van der Waals surface area contributed by atoms with Crippen LogP contribution < -0.4 is 5.73 Å². The highest BCUT2D eigenvalue weighted by Gasteiger charge is 2.28. The maximum Gasteiger partial charge on any atom is 0.472 e. The smallest absolute Gasteiger partial charge is 0.472 e. The molecular weight excluding hydrogens is 769 g/mol. The van der Waals surface area contributed by atoms with Gasteiger partial charge in [-0.3, -0.25) is 23.4 Å². The number of phosphoric ester groups is 1. The Hall–Kier alpha value is -2.56. The first kappa shape index (κ1) is 56.4. The minimum absolute atomic E-state index is 0.145. The number of carbonyl (C=O) groups excluding carboxylic acids is 2. The number of ether oxygens (including phenoxy) is 2. The van der Waals surface area contributed by atoms with E-state index in [-0.39, 0.29) is 19.4 Å². The van der Waals surface area contributed by atoms with Gasteiger partial charge in [-0.05, 0) is 51.4 Å². The lowest BCUT2D eigenvalue weighted by Gasteiger charge is -2.20. The van der Waals surface area contributed by atoms with E-state index in [4.69, 9.17) is 24.8 Å². The lowest BCUT2D eigenvalue weighted by molar-refractivity contribution is -0.161. The van der Waals surface area contributed by atoms with Gasteiger partial charge in [0.2, 0.25) is 0 Å². The van der Waals surface area contributed by atoms with E-state index in [1.165, 1.54) is 77.0 Å². The van der Waals surface area contributed by atoms with Gasteiger partial charge in [0.25, 0.3) is 0 Å². The number of esters is 2. The normalized spacial score (nSPS) is 14.1. The third-order valence-corrected chi connectivity index (χ3v) is 10.8. The molecule has 59 heavy (non-hydrogen) atoms. The second kappa shape index (κ2) is 42.1. The van der Waals surface area contributed by atoms with Crippen molar-refractivity contribution < 1.29 is 47.5 Å². The lowest BCUT2D eigenvalue weighted by atomic mass is 10.0. The van der Waals surface area contributed by atoms with Crippen LogP contribution in [0.4, 0.5) is 0 Å². The van der Waals surface area contributed by atoms with Crippen molar-refractivity contribution in [1.82, 2.24) is 0 Å². The Balaban J connectivity index is 4.34. The summed E-state index contributed by atoms with van der Waals surface area (Å²) in [5.74, 6) is -2.39. The molecule has 3 unspecified atom stereocenters. The molecule has 3 atom stereocenters. The van der Waals surface area contributed by atoms with Crippen LogP contribution in [0.5, 0.6) is 0 Å². The topological polar surface area (TPSA) is 172 Å². The predicted molar refractivity (Wildman–Crippen MR) is 240 cm³/mol. The molecule has 0 aromatic rings. The number of carboxylic acid groups (broad SMARTS) is 1. The first-order chi connectivity index (χ1) is 28.6. The van der Waals surface area contributed by atoms with Crippen molar-refractivity contribution in [2.45, 2.75) is 212 Å². The van der Waals surface area contributed by atoms with Crippen molar-refractivity contribution in [1.29, 1.82) is 0 Å². The molecule has 0 aliphatic rings. The fourth-order valence-corrected chi connectivity index (χ4v) is 7.01. The highest BCUT2D eigenvalue weighted by atomic mass is 31.2. The van der Waals surface area contributed by atoms with Crippen LogP contribution in [-0.4, -0.2) is 59.9 Å². The van der Waals surface area contributed by atoms with Gasteiger partial charge >= 0.3 is 25.7 Å². The Bertz CT molecular complexity index is 1190. The molecule has 0 radical (unpaired) electrons. The van der Waals surface area contributed by atoms with Gasteiger partial charge < -0.3 is 25.2 Å². The second-order valence-electron chi connectivity index (χ2n) is 15.5. The van der Waals surface area contributed by atoms with Crippen LogP contribution >= 0.6 is 7.82 Å². The van der Waals surface area contributed by atoms with Crippen molar-refractivity contribution in [3.8, 4) is 0 Å². The van der Waals surface area contributed by atoms with Gasteiger partial charge in [0.15, 0.2) is 6.10 Å². The van der Waals surface area contributed by atoms with Crippen LogP contribution in [-0.2, 0) is 37.5 Å². The molecule has 0 aliphatic heterocycles. The quantitative estimate of drug-likeness (QED) is 0.0231. The average molecular weight is 854 g/mol. The van der Waals surface area contributed by atoms with Crippen LogP contribution in [0.1, 0.15) is 200 Å². The molecule has 0 fully saturated rings. The molecule has 0 aliphatic carbocycles. The largest absolute Gasteiger partial charge is 0.480 e. The lowest BCUT2D eigenvalue weighted by Crippen LogP contribution is -2.34. The molecule has 0 bridgehead atoms. The molecule has 12 heteroatoms. The zero-order chi connectivity index (χ0) is 43.5. The highest BCUT2D eigenvalue weighted by molar-refractivity contribution is 7.47. The number of aliphatic carboxylic acids is 1. The van der Waals surface area contributed by atoms with Crippen LogP contribution in [0.15, 0.2) is 48.6 Å². The third-order valence-electron chi connectivity index (χ3n) is 9.84. The molecule has 0 heterocycles. The van der Waals surface area contributed by atoms with Gasteiger partial charge in [0, 0.05) is 12.8 Å². The molecule has 0 spiro atoms. The standard InChI is InChI=1S/C47H84NO10P/c1-3-5-7-9-11-13-15-17-19-21-22-23-25-27-29-31-33-35-37-39-46(50)58-43(41-56-59(53,54)57-42-44(48)47(51)52)40-55-45(49)38-36-34-32-30-28-26-24-20-18-16-14-12-10-8-6-4-2/h5,7,11,13,17,19,22-23,43-44H,3-4,6,8-10,12,14-16,18,20-21,24-42,48H2,1-2H3,(H,51,52)(H,53,54)/b7-5-,13-11-,19-17-,23-22-. The van der Waals surface area contributed by atoms with E-state index < -0.39 is 51.1 Å². The predicted octanol–water partition coefficient (Wildman–Crippen LogP) is 12.6. The van der Waals surface area contributed by atoms with Crippen LogP contribution in [0.25, 0.3) is 0 Å². The van der Waals surface area contributed by atoms with Crippen molar-refractivity contribution in [2.75, 3.05) is 19.8 Å². The number of unbranched alkanes of at least 4 members (excludes halogenated alkanes) is 21. The summed E-state index contributed by atoms with van der Waals surface area (Å²) in [6.45, 7) is 2.69. The molecule has 0 amide bonds. The summed E-state index contributed by atoms with van der Waals surface area (Å²) in [5.41, 5.74) is 5.34. The minimum Gasteiger partial charge on any atom is -0.480 e. The maximum absolute atomic E-state index is 12.7. The van der Waals surface area contributed by atoms with Gasteiger partial charge in [-0.2, -0.15) is 0 Å². The molecular formula is C47H84NO10P. The number of nitrogens with two attached hydrogens (primary N) is 1. The van der Waals surface area contributed by atoms with Crippen molar-refractivity contribution in [3.05, 3.63) is 48.6 Å². The summed E-state index contributed by atoms with van der Waals surface area (Å²) >= 11 is 0. The van der Waals surface area contributed by atoms with Crippen molar-refractivity contribution >= 4 is 25.7 Å². The van der Waals surface area contributed by atoms with E-state index >= 15 is 0 Å². The average Bonchev–Trinajstić information content (AvgIpc) is 3.21. The Kier molecular flexibility index (Phi) is 40.3. The van der Waals surface area contributed by atoms with Gasteiger partial charge in [0.05, 0.1) is 13.2 Å². The van der Waals surface area contributed by atoms with E-state index in [1.54, 1.807) is 0 Å². The van der Waals surface area contributed by atoms with Crippen molar-refractivity contribution in [2.24, 2.45) is 5.73 Å². The van der Waals surface area contributed by atoms with E-state index in [0.717, 1.165) is 83.5 Å². The monoisotopic (exact) mass is 854 g/mol. The van der Waals surface area contributed by atoms with Crippen LogP contribution in [0, 0.1) is 0 Å². The molecule has 4 N–H and O–H groups in total. The first-order valence-electron chi connectivity index (χ1n) is 23.2. The van der Waals surface area contributed by atoms with Crippen LogP contribution in [0.3, 0.4) is 0 Å². The number of hydrogen-bond acceptors (Lipinski definition) is 9. The fourth-order valence-electron chi connectivity index (χ4n) is 6.23. The van der Waals surface area contributed by atoms with E-state index in [9.17, 15) is 23.8 Å². The molecule has 0 saturated carbocycles. The molecule has 0 aromatic heterocycles. The Morgan fingerprint density at radius 1 is 0.542 bits per heavy atom. The Labute approximate surface area is 358 Å². The number of allylic oxidation sites excluding steroid dienone is 8. The highest BCUT2D eigenvalue weighted by Crippen LogP contribution is 2.43. The summed E-state index contributed by atoms with van der Waals surface area (Å²) in [7, 11) is -4.72. The summed E-state index contributed by atoms with van der Waals surface area (Å²) in [6, 6.07) is -1.52. The number of carboxylic acids is 1. The summed E-state index contributed by atoms with van der Waals surface area (Å²) in [5, 5.41) is 8.90. The Morgan fingerprint density at radius 2 is 0.949 bits per heavy atom. The molecule has 0 saturated heterocycles. The molecule has 342 valence electrons. The Morgan fingerprint density at radius 3 is 1.42 bits per heavy atom. The number of carbonyl (C=O) groups is 3. The van der Waals surface area contributed by atoms with Crippen molar-refractivity contribution in [3.63, 3.8) is 0 Å². The van der Waals surface area contributed by atoms with Gasteiger partial charge in [-0.25, -0.2) is 4.57 Å². The zero-order valence-electron chi connectivity index (χ0n) is 37.1. The molecule has 0 rings (SSSR count). The van der Waals surface area contributed by atoms with Gasteiger partial charge in [0.1, 0.15) is 12.6 Å². The maximum atomic E-state index is 12.7. The first-order valence-corrected chi connectivity index (χ1v) is 24.7. The number of hydrogen-bond donors (Lipinski definition) is 3. The van der Waals surface area contributed by atoms with E-state index in [2.05, 4.69) is 67.0 Å². The SMILES string of the molecule is CC/C=C\C/C=C\C/C=C\C/C=C\CCCCCCCCC(=O)OC(COC(=O)CCCCCCCCCCCCCCCCCC)COP(=O)(O)OCC(N)C(=O)O. The van der Waals surface area contributed by atoms with Crippen LogP contribution in [0.2, 0.25) is 0 Å². The minimum atomic E-state index is -4.72.